The number of carboxylic acids is 1. The molecule has 0 bridgehead atoms. The number of amides is 1. The second kappa shape index (κ2) is 10.5. The first-order valence-electron chi connectivity index (χ1n) is 11.7. The molecular weight excluding hydrogens is 507 g/mol. The summed E-state index contributed by atoms with van der Waals surface area (Å²) in [6, 6.07) is 17.2. The number of hydrogen-bond donors (Lipinski definition) is 1. The lowest BCUT2D eigenvalue weighted by atomic mass is 9.91. The van der Waals surface area contributed by atoms with Gasteiger partial charge in [-0.15, -0.1) is 0 Å². The van der Waals surface area contributed by atoms with E-state index in [0.717, 1.165) is 23.3 Å². The molecule has 1 aliphatic heterocycles. The standard InChI is InChI=1S/C28H25ClF3NO4/c1-27(15-18-4-3-7-23(29)13-18)16-21-14-20(8-9-24(21)37-27)26(36)33(11-10-25(34)35)17-19-5-2-6-22(12-19)28(30,31)32/h2-9,12-14H,10-11,15-17H2,1H3,(H,34,35). The number of carboxylic acid groups (broad SMARTS) is 1. The van der Waals surface area contributed by atoms with Crippen molar-refractivity contribution >= 4 is 23.5 Å². The van der Waals surface area contributed by atoms with Crippen LogP contribution in [0.3, 0.4) is 0 Å². The van der Waals surface area contributed by atoms with Gasteiger partial charge in [0.25, 0.3) is 5.91 Å². The summed E-state index contributed by atoms with van der Waals surface area (Å²) in [5.74, 6) is -0.929. The number of rotatable bonds is 8. The average molecular weight is 532 g/mol. The van der Waals surface area contributed by atoms with Gasteiger partial charge in [-0.05, 0) is 66.1 Å². The molecule has 1 unspecified atom stereocenters. The SMILES string of the molecule is CC1(Cc2cccc(Cl)c2)Cc2cc(C(=O)N(CCC(=O)O)Cc3cccc(C(F)(F)F)c3)ccc2O1. The van der Waals surface area contributed by atoms with Crippen molar-refractivity contribution in [2.24, 2.45) is 0 Å². The predicted octanol–water partition coefficient (Wildman–Crippen LogP) is 6.41. The van der Waals surface area contributed by atoms with E-state index < -0.39 is 29.2 Å². The fourth-order valence-corrected chi connectivity index (χ4v) is 4.78. The molecule has 5 nitrogen and oxygen atoms in total. The first-order chi connectivity index (χ1) is 17.4. The Morgan fingerprint density at radius 2 is 1.78 bits per heavy atom. The lowest BCUT2D eigenvalue weighted by Crippen LogP contribution is -2.33. The van der Waals surface area contributed by atoms with Crippen LogP contribution in [0.25, 0.3) is 0 Å². The maximum Gasteiger partial charge on any atom is 0.416 e. The minimum Gasteiger partial charge on any atom is -0.487 e. The van der Waals surface area contributed by atoms with Gasteiger partial charge in [0, 0.05) is 36.5 Å². The van der Waals surface area contributed by atoms with Crippen LogP contribution in [0, 0.1) is 0 Å². The number of alkyl halides is 3. The van der Waals surface area contributed by atoms with Gasteiger partial charge in [0.05, 0.1) is 12.0 Å². The zero-order valence-corrected chi connectivity index (χ0v) is 20.8. The molecule has 3 aromatic carbocycles. The average Bonchev–Trinajstić information content (AvgIpc) is 3.15. The Kier molecular flexibility index (Phi) is 7.50. The van der Waals surface area contributed by atoms with E-state index in [1.807, 2.05) is 25.1 Å². The summed E-state index contributed by atoms with van der Waals surface area (Å²) in [4.78, 5) is 25.8. The Labute approximate surface area is 217 Å². The summed E-state index contributed by atoms with van der Waals surface area (Å²) in [6.45, 7) is 1.67. The van der Waals surface area contributed by atoms with Crippen molar-refractivity contribution in [2.45, 2.75) is 44.5 Å². The quantitative estimate of drug-likeness (QED) is 0.364. The molecule has 1 N–H and O–H groups in total. The van der Waals surface area contributed by atoms with Crippen molar-refractivity contribution in [1.82, 2.24) is 4.90 Å². The third kappa shape index (κ3) is 6.63. The van der Waals surface area contributed by atoms with E-state index in [2.05, 4.69) is 0 Å². The van der Waals surface area contributed by atoms with Gasteiger partial charge in [-0.3, -0.25) is 9.59 Å². The molecule has 0 aromatic heterocycles. The van der Waals surface area contributed by atoms with Gasteiger partial charge >= 0.3 is 12.1 Å². The Bertz CT molecular complexity index is 1330. The second-order valence-electron chi connectivity index (χ2n) is 9.43. The van der Waals surface area contributed by atoms with Crippen LogP contribution in [0.1, 0.15) is 46.0 Å². The monoisotopic (exact) mass is 531 g/mol. The molecule has 0 spiro atoms. The van der Waals surface area contributed by atoms with Crippen LogP contribution >= 0.6 is 11.6 Å². The molecule has 0 radical (unpaired) electrons. The number of halogens is 4. The van der Waals surface area contributed by atoms with Gasteiger partial charge in [-0.1, -0.05) is 35.9 Å². The summed E-state index contributed by atoms with van der Waals surface area (Å²) >= 11 is 6.11. The highest BCUT2D eigenvalue weighted by Gasteiger charge is 2.36. The molecule has 37 heavy (non-hydrogen) atoms. The number of carbonyl (C=O) groups is 2. The molecule has 1 amide bonds. The molecule has 0 saturated carbocycles. The van der Waals surface area contributed by atoms with E-state index in [9.17, 15) is 22.8 Å². The van der Waals surface area contributed by atoms with Crippen molar-refractivity contribution in [3.8, 4) is 5.75 Å². The maximum atomic E-state index is 13.4. The number of ether oxygens (including phenoxy) is 1. The van der Waals surface area contributed by atoms with Crippen LogP contribution in [0.5, 0.6) is 5.75 Å². The highest BCUT2D eigenvalue weighted by Crippen LogP contribution is 2.38. The van der Waals surface area contributed by atoms with Crippen LogP contribution in [0.2, 0.25) is 5.02 Å². The lowest BCUT2D eigenvalue weighted by Gasteiger charge is -2.24. The smallest absolute Gasteiger partial charge is 0.416 e. The molecule has 4 rings (SSSR count). The lowest BCUT2D eigenvalue weighted by molar-refractivity contribution is -0.138. The van der Waals surface area contributed by atoms with Crippen molar-refractivity contribution in [1.29, 1.82) is 0 Å². The fraction of sp³-hybridized carbons (Fsp3) is 0.286. The highest BCUT2D eigenvalue weighted by atomic mass is 35.5. The van der Waals surface area contributed by atoms with Crippen molar-refractivity contribution in [2.75, 3.05) is 6.54 Å². The fourth-order valence-electron chi connectivity index (χ4n) is 4.56. The Balaban J connectivity index is 1.54. The third-order valence-electron chi connectivity index (χ3n) is 6.21. The normalized spacial score (nSPS) is 16.7. The number of hydrogen-bond acceptors (Lipinski definition) is 3. The van der Waals surface area contributed by atoms with Gasteiger partial charge in [0.2, 0.25) is 0 Å². The summed E-state index contributed by atoms with van der Waals surface area (Å²) < 4.78 is 45.7. The summed E-state index contributed by atoms with van der Waals surface area (Å²) in [6.07, 6.45) is -3.72. The number of benzene rings is 3. The highest BCUT2D eigenvalue weighted by molar-refractivity contribution is 6.30. The summed E-state index contributed by atoms with van der Waals surface area (Å²) in [5, 5.41) is 9.77. The maximum absolute atomic E-state index is 13.4. The zero-order valence-electron chi connectivity index (χ0n) is 20.0. The van der Waals surface area contributed by atoms with E-state index in [1.54, 1.807) is 24.3 Å². The van der Waals surface area contributed by atoms with Crippen molar-refractivity contribution < 1.29 is 32.6 Å². The molecule has 9 heteroatoms. The second-order valence-corrected chi connectivity index (χ2v) is 9.86. The molecule has 194 valence electrons. The Morgan fingerprint density at radius 1 is 1.05 bits per heavy atom. The third-order valence-corrected chi connectivity index (χ3v) is 6.44. The number of fused-ring (bicyclic) bond motifs is 1. The Hall–Kier alpha value is -3.52. The molecule has 3 aromatic rings. The predicted molar refractivity (Wildman–Crippen MR) is 133 cm³/mol. The van der Waals surface area contributed by atoms with Crippen molar-refractivity contribution in [3.05, 3.63) is 99.6 Å². The van der Waals surface area contributed by atoms with Crippen LogP contribution in [-0.4, -0.2) is 34.0 Å². The van der Waals surface area contributed by atoms with Gasteiger partial charge in [-0.2, -0.15) is 13.2 Å². The van der Waals surface area contributed by atoms with Gasteiger partial charge in [-0.25, -0.2) is 0 Å². The molecule has 0 fully saturated rings. The van der Waals surface area contributed by atoms with E-state index in [1.165, 1.54) is 17.0 Å². The van der Waals surface area contributed by atoms with Gasteiger partial charge < -0.3 is 14.7 Å². The summed E-state index contributed by atoms with van der Waals surface area (Å²) in [7, 11) is 0. The van der Waals surface area contributed by atoms with Crippen LogP contribution < -0.4 is 4.74 Å². The van der Waals surface area contributed by atoms with E-state index in [0.29, 0.717) is 29.2 Å². The van der Waals surface area contributed by atoms with E-state index >= 15 is 0 Å². The van der Waals surface area contributed by atoms with Gasteiger partial charge in [0.15, 0.2) is 0 Å². The van der Waals surface area contributed by atoms with E-state index in [-0.39, 0.29) is 25.1 Å². The first-order valence-corrected chi connectivity index (χ1v) is 12.0. The minimum atomic E-state index is -4.52. The molecule has 1 heterocycles. The number of nitrogens with zero attached hydrogens (tertiary/aromatic N) is 1. The van der Waals surface area contributed by atoms with Crippen LogP contribution in [-0.2, 0) is 30.4 Å². The first kappa shape index (κ1) is 26.5. The minimum absolute atomic E-state index is 0.148. The molecule has 0 aliphatic carbocycles. The van der Waals surface area contributed by atoms with Crippen LogP contribution in [0.4, 0.5) is 13.2 Å². The molecule has 1 atom stereocenters. The molecular formula is C28H25ClF3NO4. The zero-order chi connectivity index (χ0) is 26.8. The van der Waals surface area contributed by atoms with E-state index in [4.69, 9.17) is 21.4 Å². The van der Waals surface area contributed by atoms with Gasteiger partial charge in [0.1, 0.15) is 11.4 Å². The number of aliphatic carboxylic acids is 1. The van der Waals surface area contributed by atoms with Crippen LogP contribution in [0.15, 0.2) is 66.7 Å². The summed E-state index contributed by atoms with van der Waals surface area (Å²) in [5.41, 5.74) is 1.03. The number of carbonyl (C=O) groups excluding carboxylic acids is 1. The van der Waals surface area contributed by atoms with Crippen molar-refractivity contribution in [3.63, 3.8) is 0 Å². The molecule has 1 aliphatic rings. The Morgan fingerprint density at radius 3 is 2.49 bits per heavy atom. The molecule has 0 saturated heterocycles. The largest absolute Gasteiger partial charge is 0.487 e. The topological polar surface area (TPSA) is 66.8 Å².